The van der Waals surface area contributed by atoms with Crippen molar-refractivity contribution < 1.29 is 42.5 Å². The van der Waals surface area contributed by atoms with Crippen LogP contribution in [0.25, 0.3) is 0 Å². The number of aliphatic carboxylic acids is 2. The molecule has 2 heterocycles. The maximum atomic E-state index is 11.1. The zero-order chi connectivity index (χ0) is 23.2. The standard InChI is InChI=1S/C7H9Cl2NO2.C6H7Cl2NO2.C2HF3O2.2CH4.ClH/c1-12-6(11)5-4-3(2-10-5)7(4,8)9;7-6(8)2-1-9-4(3(2)6)5(10)11;3-2(4,5)1(6)7;;;/h3-5,10H,2H2,1H3;2-4,9H,1H2,(H,10,11);(H,6,7);2*1H4;1H/t3-,4-,5-;2-,3-,4-;;;;/m00..../s1. The van der Waals surface area contributed by atoms with Crippen molar-refractivity contribution in [1.82, 2.24) is 10.6 Å². The minimum absolute atomic E-state index is 0. The Labute approximate surface area is 215 Å². The minimum Gasteiger partial charge on any atom is -0.480 e. The molecule has 2 aliphatic heterocycles. The highest BCUT2D eigenvalue weighted by atomic mass is 35.5. The summed E-state index contributed by atoms with van der Waals surface area (Å²) in [6, 6.07) is -0.856. The summed E-state index contributed by atoms with van der Waals surface area (Å²) in [5, 5.41) is 21.6. The van der Waals surface area contributed by atoms with Gasteiger partial charge in [-0.2, -0.15) is 13.2 Å². The van der Waals surface area contributed by atoms with E-state index >= 15 is 0 Å². The Balaban J connectivity index is 0. The van der Waals surface area contributed by atoms with Crippen LogP contribution in [0, 0.1) is 23.7 Å². The topological polar surface area (TPSA) is 125 Å². The third kappa shape index (κ3) is 7.28. The van der Waals surface area contributed by atoms with Crippen molar-refractivity contribution in [2.24, 2.45) is 23.7 Å². The van der Waals surface area contributed by atoms with Crippen molar-refractivity contribution in [2.45, 2.75) is 41.8 Å². The van der Waals surface area contributed by atoms with Crippen LogP contribution in [0.5, 0.6) is 0 Å². The van der Waals surface area contributed by atoms with E-state index in [0.29, 0.717) is 13.1 Å². The number of nitrogens with one attached hydrogen (secondary N) is 2. The summed E-state index contributed by atoms with van der Waals surface area (Å²) in [6.45, 7) is 1.33. The van der Waals surface area contributed by atoms with Crippen LogP contribution in [-0.4, -0.2) is 75.2 Å². The van der Waals surface area contributed by atoms with E-state index in [1.54, 1.807) is 0 Å². The van der Waals surface area contributed by atoms with Gasteiger partial charge in [-0.15, -0.1) is 58.8 Å². The van der Waals surface area contributed by atoms with Crippen molar-refractivity contribution in [3.63, 3.8) is 0 Å². The molecule has 16 heteroatoms. The summed E-state index contributed by atoms with van der Waals surface area (Å²) >= 11 is 23.5. The highest BCUT2D eigenvalue weighted by Gasteiger charge is 2.71. The Morgan fingerprint density at radius 2 is 1.24 bits per heavy atom. The van der Waals surface area contributed by atoms with Crippen LogP contribution in [-0.2, 0) is 19.1 Å². The van der Waals surface area contributed by atoms with Gasteiger partial charge in [0.2, 0.25) is 0 Å². The van der Waals surface area contributed by atoms with Gasteiger partial charge in [-0.1, -0.05) is 14.9 Å². The molecular formula is C17H26Cl5F3N2O6. The van der Waals surface area contributed by atoms with E-state index in [1.165, 1.54) is 7.11 Å². The third-order valence-electron chi connectivity index (χ3n) is 5.32. The number of halogens is 8. The molecule has 2 saturated heterocycles. The molecule has 4 aliphatic rings. The first-order valence-corrected chi connectivity index (χ1v) is 9.92. The molecule has 0 bridgehead atoms. The fourth-order valence-electron chi connectivity index (χ4n) is 3.63. The van der Waals surface area contributed by atoms with Gasteiger partial charge in [0.05, 0.1) is 7.11 Å². The highest BCUT2D eigenvalue weighted by Crippen LogP contribution is 2.63. The highest BCUT2D eigenvalue weighted by molar-refractivity contribution is 6.52. The van der Waals surface area contributed by atoms with E-state index < -0.39 is 32.8 Å². The number of carboxylic acids is 2. The second kappa shape index (κ2) is 12.0. The average Bonchev–Trinajstić information content (AvgIpc) is 3.16. The first-order chi connectivity index (χ1) is 13.6. The quantitative estimate of drug-likeness (QED) is 0.286. The molecule has 0 aromatic carbocycles. The number of rotatable bonds is 2. The monoisotopic (exact) mass is 586 g/mol. The van der Waals surface area contributed by atoms with Crippen LogP contribution in [0.4, 0.5) is 13.2 Å². The Morgan fingerprint density at radius 3 is 1.45 bits per heavy atom. The van der Waals surface area contributed by atoms with Crippen LogP contribution < -0.4 is 10.6 Å². The van der Waals surface area contributed by atoms with E-state index in [1.807, 2.05) is 0 Å². The lowest BCUT2D eigenvalue weighted by molar-refractivity contribution is -0.192. The van der Waals surface area contributed by atoms with Crippen LogP contribution in [0.15, 0.2) is 0 Å². The van der Waals surface area contributed by atoms with Crippen molar-refractivity contribution in [1.29, 1.82) is 0 Å². The predicted molar refractivity (Wildman–Crippen MR) is 120 cm³/mol. The van der Waals surface area contributed by atoms with Gasteiger partial charge < -0.3 is 25.6 Å². The van der Waals surface area contributed by atoms with Crippen molar-refractivity contribution in [3.05, 3.63) is 0 Å². The van der Waals surface area contributed by atoms with Gasteiger partial charge in [0.1, 0.15) is 20.8 Å². The van der Waals surface area contributed by atoms with Crippen molar-refractivity contribution in [2.75, 3.05) is 20.2 Å². The first kappa shape index (κ1) is 34.7. The molecule has 8 nitrogen and oxygen atoms in total. The molecule has 0 amide bonds. The van der Waals surface area contributed by atoms with Crippen LogP contribution in [0.3, 0.4) is 0 Å². The summed E-state index contributed by atoms with van der Waals surface area (Å²) < 4.78 is 34.9. The maximum Gasteiger partial charge on any atom is 0.490 e. The van der Waals surface area contributed by atoms with Gasteiger partial charge >= 0.3 is 24.1 Å². The number of carbonyl (C=O) groups excluding carboxylic acids is 1. The Hall–Kier alpha value is -0.430. The molecule has 0 unspecified atom stereocenters. The lowest BCUT2D eigenvalue weighted by Gasteiger charge is -2.13. The zero-order valence-corrected chi connectivity index (χ0v) is 19.3. The molecule has 33 heavy (non-hydrogen) atoms. The lowest BCUT2D eigenvalue weighted by atomic mass is 10.2. The molecule has 0 radical (unpaired) electrons. The minimum atomic E-state index is -5.08. The van der Waals surface area contributed by atoms with Crippen molar-refractivity contribution >= 4 is 76.7 Å². The molecule has 0 spiro atoms. The van der Waals surface area contributed by atoms with Gasteiger partial charge in [-0.05, 0) is 0 Å². The molecule has 2 aliphatic carbocycles. The number of methoxy groups -OCH3 is 1. The van der Waals surface area contributed by atoms with Gasteiger partial charge in [-0.25, -0.2) is 4.79 Å². The van der Waals surface area contributed by atoms with E-state index in [9.17, 15) is 22.8 Å². The van der Waals surface area contributed by atoms with Crippen LogP contribution in [0.1, 0.15) is 14.9 Å². The summed E-state index contributed by atoms with van der Waals surface area (Å²) in [4.78, 5) is 30.6. The Morgan fingerprint density at radius 1 is 0.909 bits per heavy atom. The second-order valence-electron chi connectivity index (χ2n) is 7.05. The fraction of sp³-hybridized carbons (Fsp3) is 0.824. The maximum absolute atomic E-state index is 11.1. The molecule has 0 aromatic rings. The Kier molecular flexibility index (Phi) is 12.6. The number of ether oxygens (including phenoxy) is 1. The molecule has 0 aromatic heterocycles. The van der Waals surface area contributed by atoms with Gasteiger partial charge in [-0.3, -0.25) is 9.59 Å². The van der Waals surface area contributed by atoms with E-state index in [-0.39, 0.29) is 62.9 Å². The van der Waals surface area contributed by atoms with E-state index in [0.717, 1.165) is 0 Å². The fourth-order valence-corrected chi connectivity index (χ4v) is 5.34. The number of esters is 1. The number of hydrogen-bond acceptors (Lipinski definition) is 6. The van der Waals surface area contributed by atoms with Gasteiger partial charge in [0.15, 0.2) is 0 Å². The predicted octanol–water partition coefficient (Wildman–Crippen LogP) is 3.34. The lowest BCUT2D eigenvalue weighted by Crippen LogP contribution is -2.38. The summed E-state index contributed by atoms with van der Waals surface area (Å²) in [6.07, 6.45) is -5.08. The van der Waals surface area contributed by atoms with Gasteiger partial charge in [0, 0.05) is 36.8 Å². The first-order valence-electron chi connectivity index (χ1n) is 8.41. The summed E-state index contributed by atoms with van der Waals surface area (Å²) in [5.74, 6) is -3.60. The molecule has 2 saturated carbocycles. The van der Waals surface area contributed by atoms with E-state index in [4.69, 9.17) is 61.4 Å². The number of fused-ring (bicyclic) bond motifs is 2. The summed E-state index contributed by atoms with van der Waals surface area (Å²) in [7, 11) is 1.36. The number of carbonyl (C=O) groups is 3. The number of piperidine rings is 2. The van der Waals surface area contributed by atoms with E-state index in [2.05, 4.69) is 15.4 Å². The van der Waals surface area contributed by atoms with Crippen molar-refractivity contribution in [3.8, 4) is 0 Å². The Bertz CT molecular complexity index is 728. The number of alkyl halides is 7. The molecule has 6 atom stereocenters. The largest absolute Gasteiger partial charge is 0.490 e. The van der Waals surface area contributed by atoms with Gasteiger partial charge in [0.25, 0.3) is 0 Å². The molecular weight excluding hydrogens is 562 g/mol. The zero-order valence-electron chi connectivity index (χ0n) is 15.5. The number of hydrogen-bond donors (Lipinski definition) is 4. The summed E-state index contributed by atoms with van der Waals surface area (Å²) in [5.41, 5.74) is 0. The SMILES string of the molecule is C.C.COC(=O)[C@H]1NC[C@H]2[C@@H]1C2(Cl)Cl.Cl.O=C(O)C(F)(F)F.O=C(O)[C@H]1NC[C@H]2[C@@H]1C2(Cl)Cl. The van der Waals surface area contributed by atoms with Crippen LogP contribution in [0.2, 0.25) is 0 Å². The number of carboxylic acid groups (broad SMARTS) is 2. The average molecular weight is 589 g/mol. The molecule has 4 N–H and O–H groups in total. The molecule has 4 fully saturated rings. The third-order valence-corrected chi connectivity index (χ3v) is 7.45. The van der Waals surface area contributed by atoms with Crippen LogP contribution >= 0.6 is 58.8 Å². The molecule has 196 valence electrons. The second-order valence-corrected chi connectivity index (χ2v) is 9.94. The smallest absolute Gasteiger partial charge is 0.480 e. The molecule has 4 rings (SSSR count). The normalized spacial score (nSPS) is 32.7.